The van der Waals surface area contributed by atoms with Crippen molar-refractivity contribution >= 4 is 17.2 Å². The van der Waals surface area contributed by atoms with Crippen molar-refractivity contribution < 1.29 is 9.53 Å². The number of aromatic nitrogens is 5. The lowest BCUT2D eigenvalue weighted by molar-refractivity contribution is -0.133. The Labute approximate surface area is 155 Å². The highest BCUT2D eigenvalue weighted by atomic mass is 32.1. The normalized spacial score (nSPS) is 20.4. The number of tetrazole rings is 1. The lowest BCUT2D eigenvalue weighted by Gasteiger charge is -2.41. The van der Waals surface area contributed by atoms with Crippen LogP contribution in [0, 0.1) is 0 Å². The molecule has 0 bridgehead atoms. The average molecular weight is 377 g/mol. The molecule has 0 saturated carbocycles. The Morgan fingerprint density at radius 3 is 2.65 bits per heavy atom. The van der Waals surface area contributed by atoms with Crippen LogP contribution < -0.4 is 4.74 Å². The standard InChI is InChI=1S/C16H23N7O2S/c24-15(11-23-12-18-19-20-23)22-6-1-13(2-7-22)21-8-3-14(4-9-21)25-16-17-5-10-26-16/h5,10,12-14H,1-4,6-9,11H2. The van der Waals surface area contributed by atoms with Crippen LogP contribution in [0.1, 0.15) is 25.7 Å². The molecule has 2 aromatic rings. The summed E-state index contributed by atoms with van der Waals surface area (Å²) in [6.07, 6.45) is 7.66. The summed E-state index contributed by atoms with van der Waals surface area (Å²) in [6.45, 7) is 3.94. The number of amides is 1. The van der Waals surface area contributed by atoms with Gasteiger partial charge in [-0.1, -0.05) is 11.3 Å². The molecular formula is C16H23N7O2S. The molecule has 26 heavy (non-hydrogen) atoms. The number of hydrogen-bond acceptors (Lipinski definition) is 8. The SMILES string of the molecule is O=C(Cn1cnnn1)N1CCC(N2CCC(Oc3nccs3)CC2)CC1. The summed E-state index contributed by atoms with van der Waals surface area (Å²) in [5, 5.41) is 13.6. The van der Waals surface area contributed by atoms with E-state index in [4.69, 9.17) is 4.74 Å². The molecule has 0 spiro atoms. The lowest BCUT2D eigenvalue weighted by atomic mass is 9.99. The highest BCUT2D eigenvalue weighted by Gasteiger charge is 2.30. The second kappa shape index (κ2) is 8.09. The number of thiazole rings is 1. The van der Waals surface area contributed by atoms with Crippen molar-refractivity contribution in [2.45, 2.75) is 44.4 Å². The van der Waals surface area contributed by atoms with Gasteiger partial charge in [0.15, 0.2) is 0 Å². The van der Waals surface area contributed by atoms with E-state index in [-0.39, 0.29) is 18.6 Å². The van der Waals surface area contributed by atoms with Gasteiger partial charge in [0.2, 0.25) is 5.91 Å². The summed E-state index contributed by atoms with van der Waals surface area (Å²) in [5.41, 5.74) is 0. The van der Waals surface area contributed by atoms with Gasteiger partial charge in [-0.25, -0.2) is 9.67 Å². The van der Waals surface area contributed by atoms with Crippen LogP contribution in [0.3, 0.4) is 0 Å². The number of piperidine rings is 2. The van der Waals surface area contributed by atoms with Crippen molar-refractivity contribution in [3.8, 4) is 5.19 Å². The van der Waals surface area contributed by atoms with E-state index < -0.39 is 0 Å². The molecule has 9 nitrogen and oxygen atoms in total. The predicted molar refractivity (Wildman–Crippen MR) is 94.8 cm³/mol. The number of rotatable bonds is 5. The van der Waals surface area contributed by atoms with Gasteiger partial charge in [0, 0.05) is 43.8 Å². The Morgan fingerprint density at radius 2 is 2.00 bits per heavy atom. The van der Waals surface area contributed by atoms with Gasteiger partial charge < -0.3 is 9.64 Å². The molecule has 2 aliphatic rings. The average Bonchev–Trinajstić information content (AvgIpc) is 3.37. The Bertz CT molecular complexity index is 678. The number of carbonyl (C=O) groups is 1. The Balaban J connectivity index is 1.20. The van der Waals surface area contributed by atoms with Crippen LogP contribution in [-0.4, -0.2) is 79.2 Å². The molecule has 4 heterocycles. The molecular weight excluding hydrogens is 354 g/mol. The second-order valence-corrected chi connectivity index (χ2v) is 7.63. The third-order valence-corrected chi connectivity index (χ3v) is 5.84. The van der Waals surface area contributed by atoms with Crippen LogP contribution in [0.2, 0.25) is 0 Å². The van der Waals surface area contributed by atoms with E-state index in [9.17, 15) is 4.79 Å². The molecule has 2 aliphatic heterocycles. The number of nitrogens with zero attached hydrogens (tertiary/aromatic N) is 7. The summed E-state index contributed by atoms with van der Waals surface area (Å²) >= 11 is 1.55. The van der Waals surface area contributed by atoms with E-state index in [0.29, 0.717) is 6.04 Å². The van der Waals surface area contributed by atoms with Crippen molar-refractivity contribution in [1.29, 1.82) is 0 Å². The molecule has 0 aromatic carbocycles. The summed E-state index contributed by atoms with van der Waals surface area (Å²) in [6, 6.07) is 0.563. The Kier molecular flexibility index (Phi) is 5.40. The first-order valence-electron chi connectivity index (χ1n) is 9.06. The molecule has 0 N–H and O–H groups in total. The van der Waals surface area contributed by atoms with Crippen molar-refractivity contribution in [1.82, 2.24) is 35.0 Å². The third kappa shape index (κ3) is 4.18. The molecule has 0 atom stereocenters. The Hall–Kier alpha value is -2.07. The first-order valence-corrected chi connectivity index (χ1v) is 9.94. The van der Waals surface area contributed by atoms with Crippen molar-refractivity contribution in [2.75, 3.05) is 26.2 Å². The minimum Gasteiger partial charge on any atom is -0.467 e. The fourth-order valence-electron chi connectivity index (χ4n) is 3.74. The quantitative estimate of drug-likeness (QED) is 0.756. The zero-order valence-corrected chi connectivity index (χ0v) is 15.4. The maximum Gasteiger partial charge on any atom is 0.273 e. The van der Waals surface area contributed by atoms with E-state index in [2.05, 4.69) is 25.4 Å². The van der Waals surface area contributed by atoms with Gasteiger partial charge in [0.05, 0.1) is 0 Å². The van der Waals surface area contributed by atoms with E-state index in [1.165, 1.54) is 11.0 Å². The highest BCUT2D eigenvalue weighted by Crippen LogP contribution is 2.24. The molecule has 0 aliphatic carbocycles. The minimum absolute atomic E-state index is 0.0892. The van der Waals surface area contributed by atoms with E-state index in [1.807, 2.05) is 10.3 Å². The van der Waals surface area contributed by atoms with E-state index in [0.717, 1.165) is 57.1 Å². The van der Waals surface area contributed by atoms with Crippen LogP contribution in [0.4, 0.5) is 0 Å². The number of carbonyl (C=O) groups excluding carboxylic acids is 1. The molecule has 4 rings (SSSR count). The molecule has 0 radical (unpaired) electrons. The summed E-state index contributed by atoms with van der Waals surface area (Å²) in [4.78, 5) is 21.0. The summed E-state index contributed by atoms with van der Waals surface area (Å²) in [7, 11) is 0. The monoisotopic (exact) mass is 377 g/mol. The van der Waals surface area contributed by atoms with Crippen molar-refractivity contribution in [2.24, 2.45) is 0 Å². The smallest absolute Gasteiger partial charge is 0.273 e. The van der Waals surface area contributed by atoms with Gasteiger partial charge >= 0.3 is 0 Å². The second-order valence-electron chi connectivity index (χ2n) is 6.77. The first kappa shape index (κ1) is 17.3. The van der Waals surface area contributed by atoms with Crippen LogP contribution in [0.5, 0.6) is 5.19 Å². The lowest BCUT2D eigenvalue weighted by Crippen LogP contribution is -2.50. The topological polar surface area (TPSA) is 89.3 Å². The number of ether oxygens (including phenoxy) is 1. The largest absolute Gasteiger partial charge is 0.467 e. The van der Waals surface area contributed by atoms with Gasteiger partial charge in [-0.3, -0.25) is 9.69 Å². The summed E-state index contributed by atoms with van der Waals surface area (Å²) in [5.74, 6) is 0.0892. The molecule has 2 fully saturated rings. The Morgan fingerprint density at radius 1 is 1.19 bits per heavy atom. The van der Waals surface area contributed by atoms with Gasteiger partial charge in [0.1, 0.15) is 19.0 Å². The van der Waals surface area contributed by atoms with Crippen molar-refractivity contribution in [3.63, 3.8) is 0 Å². The minimum atomic E-state index is 0.0892. The predicted octanol–water partition coefficient (Wildman–Crippen LogP) is 0.664. The van der Waals surface area contributed by atoms with E-state index >= 15 is 0 Å². The number of likely N-dealkylation sites (tertiary alicyclic amines) is 2. The van der Waals surface area contributed by atoms with Gasteiger partial charge in [0.25, 0.3) is 5.19 Å². The molecule has 2 saturated heterocycles. The zero-order chi connectivity index (χ0) is 17.8. The summed E-state index contributed by atoms with van der Waals surface area (Å²) < 4.78 is 7.41. The fraction of sp³-hybridized carbons (Fsp3) is 0.688. The molecule has 1 amide bonds. The highest BCUT2D eigenvalue weighted by molar-refractivity contribution is 7.11. The van der Waals surface area contributed by atoms with Crippen LogP contribution >= 0.6 is 11.3 Å². The molecule has 10 heteroatoms. The molecule has 140 valence electrons. The van der Waals surface area contributed by atoms with Gasteiger partial charge in [-0.15, -0.1) is 5.10 Å². The maximum atomic E-state index is 12.3. The zero-order valence-electron chi connectivity index (χ0n) is 14.6. The molecule has 2 aromatic heterocycles. The molecule has 0 unspecified atom stereocenters. The van der Waals surface area contributed by atoms with Gasteiger partial charge in [-0.2, -0.15) is 0 Å². The van der Waals surface area contributed by atoms with Crippen LogP contribution in [0.25, 0.3) is 0 Å². The van der Waals surface area contributed by atoms with Gasteiger partial charge in [-0.05, 0) is 36.1 Å². The van der Waals surface area contributed by atoms with E-state index in [1.54, 1.807) is 17.5 Å². The number of hydrogen-bond donors (Lipinski definition) is 0. The maximum absolute atomic E-state index is 12.3. The fourth-order valence-corrected chi connectivity index (χ4v) is 4.29. The third-order valence-electron chi connectivity index (χ3n) is 5.18. The van der Waals surface area contributed by atoms with Crippen LogP contribution in [-0.2, 0) is 11.3 Å². The van der Waals surface area contributed by atoms with Crippen LogP contribution in [0.15, 0.2) is 17.9 Å². The first-order chi connectivity index (χ1) is 12.8. The van der Waals surface area contributed by atoms with Crippen molar-refractivity contribution in [3.05, 3.63) is 17.9 Å².